The van der Waals surface area contributed by atoms with Crippen molar-refractivity contribution in [1.29, 1.82) is 0 Å². The molecule has 0 unspecified atom stereocenters. The number of aromatic nitrogens is 3. The van der Waals surface area contributed by atoms with Gasteiger partial charge >= 0.3 is 0 Å². The van der Waals surface area contributed by atoms with Crippen LogP contribution in [0.2, 0.25) is 0 Å². The van der Waals surface area contributed by atoms with E-state index < -0.39 is 0 Å². The number of hydrogen-bond donors (Lipinski definition) is 0. The first kappa shape index (κ1) is 16.3. The number of benzene rings is 1. The highest BCUT2D eigenvalue weighted by molar-refractivity contribution is 5.33. The molecule has 4 rings (SSSR count). The molecule has 0 aliphatic heterocycles. The molecule has 0 amide bonds. The van der Waals surface area contributed by atoms with E-state index in [0.29, 0.717) is 0 Å². The van der Waals surface area contributed by atoms with Crippen molar-refractivity contribution >= 4 is 0 Å². The largest absolute Gasteiger partial charge is 0.468 e. The normalized spacial score (nSPS) is 11.1. The Labute approximate surface area is 152 Å². The highest BCUT2D eigenvalue weighted by Crippen LogP contribution is 2.16. The highest BCUT2D eigenvalue weighted by atomic mass is 16.3. The van der Waals surface area contributed by atoms with E-state index in [0.717, 1.165) is 31.1 Å². The molecule has 130 valence electrons. The second kappa shape index (κ2) is 7.80. The van der Waals surface area contributed by atoms with Crippen molar-refractivity contribution in [2.24, 2.45) is 0 Å². The molecule has 0 saturated heterocycles. The molecular formula is C21H20N4O. The van der Waals surface area contributed by atoms with Crippen molar-refractivity contribution in [2.75, 3.05) is 0 Å². The van der Waals surface area contributed by atoms with E-state index in [-0.39, 0.29) is 0 Å². The van der Waals surface area contributed by atoms with Crippen LogP contribution in [0.3, 0.4) is 0 Å². The Kier molecular flexibility index (Phi) is 4.89. The molecule has 0 N–H and O–H groups in total. The van der Waals surface area contributed by atoms with Crippen LogP contribution in [0.25, 0.3) is 5.69 Å². The van der Waals surface area contributed by atoms with E-state index >= 15 is 0 Å². The SMILES string of the molecule is c1cncc(CN(Cc2ccc(-n3cccn3)cc2)Cc2ccco2)c1. The van der Waals surface area contributed by atoms with Crippen LogP contribution in [0.1, 0.15) is 16.9 Å². The van der Waals surface area contributed by atoms with Crippen LogP contribution in [-0.4, -0.2) is 19.7 Å². The third-order valence-corrected chi connectivity index (χ3v) is 4.20. The van der Waals surface area contributed by atoms with Crippen LogP contribution in [-0.2, 0) is 19.6 Å². The number of pyridine rings is 1. The molecule has 5 nitrogen and oxygen atoms in total. The zero-order valence-corrected chi connectivity index (χ0v) is 14.4. The van der Waals surface area contributed by atoms with Crippen LogP contribution in [0, 0.1) is 0 Å². The number of furan rings is 1. The van der Waals surface area contributed by atoms with Gasteiger partial charge in [0.2, 0.25) is 0 Å². The quantitative estimate of drug-likeness (QED) is 0.507. The predicted molar refractivity (Wildman–Crippen MR) is 99.5 cm³/mol. The van der Waals surface area contributed by atoms with Gasteiger partial charge in [0.15, 0.2) is 0 Å². The summed E-state index contributed by atoms with van der Waals surface area (Å²) in [5, 5.41) is 4.27. The number of nitrogens with zero attached hydrogens (tertiary/aromatic N) is 4. The standard InChI is InChI=1S/C21H20N4O/c1-4-19(14-22-10-1)16-24(17-21-5-2-13-26-21)15-18-6-8-20(9-7-18)25-12-3-11-23-25/h1-14H,15-17H2. The summed E-state index contributed by atoms with van der Waals surface area (Å²) in [5.41, 5.74) is 3.49. The first-order valence-electron chi connectivity index (χ1n) is 8.59. The van der Waals surface area contributed by atoms with Crippen LogP contribution in [0.4, 0.5) is 0 Å². The van der Waals surface area contributed by atoms with Gasteiger partial charge in [0.05, 0.1) is 18.5 Å². The molecule has 3 heterocycles. The van der Waals surface area contributed by atoms with E-state index in [4.69, 9.17) is 4.42 Å². The fraction of sp³-hybridized carbons (Fsp3) is 0.143. The maximum atomic E-state index is 5.54. The summed E-state index contributed by atoms with van der Waals surface area (Å²) >= 11 is 0. The van der Waals surface area contributed by atoms with Crippen molar-refractivity contribution in [2.45, 2.75) is 19.6 Å². The molecule has 0 aliphatic carbocycles. The molecule has 0 atom stereocenters. The molecule has 0 bridgehead atoms. The Bertz CT molecular complexity index is 901. The fourth-order valence-electron chi connectivity index (χ4n) is 2.97. The first-order valence-corrected chi connectivity index (χ1v) is 8.59. The molecule has 26 heavy (non-hydrogen) atoms. The van der Waals surface area contributed by atoms with Gasteiger partial charge in [0.25, 0.3) is 0 Å². The van der Waals surface area contributed by atoms with Crippen molar-refractivity contribution in [1.82, 2.24) is 19.7 Å². The molecule has 0 spiro atoms. The van der Waals surface area contributed by atoms with Crippen LogP contribution in [0.15, 0.2) is 90.1 Å². The second-order valence-electron chi connectivity index (χ2n) is 6.20. The van der Waals surface area contributed by atoms with Gasteiger partial charge < -0.3 is 4.42 Å². The third kappa shape index (κ3) is 4.07. The lowest BCUT2D eigenvalue weighted by Crippen LogP contribution is -2.22. The minimum absolute atomic E-state index is 0.753. The van der Waals surface area contributed by atoms with E-state index in [1.165, 1.54) is 11.1 Å². The molecule has 0 aliphatic rings. The van der Waals surface area contributed by atoms with E-state index in [2.05, 4.69) is 45.3 Å². The summed E-state index contributed by atoms with van der Waals surface area (Å²) in [7, 11) is 0. The average molecular weight is 344 g/mol. The molecule has 4 aromatic rings. The van der Waals surface area contributed by atoms with Gasteiger partial charge in [-0.05, 0) is 47.5 Å². The Hall–Kier alpha value is -3.18. The van der Waals surface area contributed by atoms with Crippen molar-refractivity contribution < 1.29 is 4.42 Å². The Morgan fingerprint density at radius 2 is 1.73 bits per heavy atom. The zero-order valence-electron chi connectivity index (χ0n) is 14.4. The van der Waals surface area contributed by atoms with Gasteiger partial charge in [-0.3, -0.25) is 9.88 Å². The Morgan fingerprint density at radius 1 is 0.846 bits per heavy atom. The minimum atomic E-state index is 0.753. The number of hydrogen-bond acceptors (Lipinski definition) is 4. The van der Waals surface area contributed by atoms with Gasteiger partial charge in [0.1, 0.15) is 5.76 Å². The van der Waals surface area contributed by atoms with E-state index in [1.54, 1.807) is 18.7 Å². The lowest BCUT2D eigenvalue weighted by molar-refractivity contribution is 0.226. The van der Waals surface area contributed by atoms with Gasteiger partial charge in [0, 0.05) is 37.9 Å². The summed E-state index contributed by atoms with van der Waals surface area (Å²) in [6, 6.07) is 18.4. The Balaban J connectivity index is 1.50. The highest BCUT2D eigenvalue weighted by Gasteiger charge is 2.10. The van der Waals surface area contributed by atoms with Gasteiger partial charge in [-0.2, -0.15) is 5.10 Å². The molecule has 0 fully saturated rings. The summed E-state index contributed by atoms with van der Waals surface area (Å²) in [5.74, 6) is 0.960. The average Bonchev–Trinajstić information content (AvgIpc) is 3.37. The van der Waals surface area contributed by atoms with Gasteiger partial charge in [-0.1, -0.05) is 18.2 Å². The lowest BCUT2D eigenvalue weighted by atomic mass is 10.1. The smallest absolute Gasteiger partial charge is 0.117 e. The molecule has 1 aromatic carbocycles. The van der Waals surface area contributed by atoms with Crippen LogP contribution >= 0.6 is 0 Å². The topological polar surface area (TPSA) is 47.1 Å². The maximum Gasteiger partial charge on any atom is 0.117 e. The van der Waals surface area contributed by atoms with Crippen LogP contribution < -0.4 is 0 Å². The minimum Gasteiger partial charge on any atom is -0.468 e. The molecule has 5 heteroatoms. The van der Waals surface area contributed by atoms with Crippen molar-refractivity contribution in [3.8, 4) is 5.69 Å². The molecular weight excluding hydrogens is 324 g/mol. The maximum absolute atomic E-state index is 5.54. The summed E-state index contributed by atoms with van der Waals surface area (Å²) < 4.78 is 7.40. The predicted octanol–water partition coefficient (Wildman–Crippen LogP) is 4.06. The van der Waals surface area contributed by atoms with E-state index in [9.17, 15) is 0 Å². The lowest BCUT2D eigenvalue weighted by Gasteiger charge is -2.21. The van der Waals surface area contributed by atoms with Gasteiger partial charge in [-0.15, -0.1) is 0 Å². The molecule has 0 radical (unpaired) electrons. The monoisotopic (exact) mass is 344 g/mol. The third-order valence-electron chi connectivity index (χ3n) is 4.20. The molecule has 3 aromatic heterocycles. The number of rotatable bonds is 7. The first-order chi connectivity index (χ1) is 12.9. The summed E-state index contributed by atoms with van der Waals surface area (Å²) in [6.45, 7) is 2.40. The van der Waals surface area contributed by atoms with Crippen molar-refractivity contribution in [3.63, 3.8) is 0 Å². The van der Waals surface area contributed by atoms with E-state index in [1.807, 2.05) is 41.3 Å². The van der Waals surface area contributed by atoms with Gasteiger partial charge in [-0.25, -0.2) is 4.68 Å². The summed E-state index contributed by atoms with van der Waals surface area (Å²) in [4.78, 5) is 6.57. The zero-order chi connectivity index (χ0) is 17.6. The van der Waals surface area contributed by atoms with Crippen molar-refractivity contribution in [3.05, 3.63) is 103 Å². The summed E-state index contributed by atoms with van der Waals surface area (Å²) in [6.07, 6.45) is 9.16. The molecule has 0 saturated carbocycles. The van der Waals surface area contributed by atoms with Crippen LogP contribution in [0.5, 0.6) is 0 Å². The second-order valence-corrected chi connectivity index (χ2v) is 6.20. The fourth-order valence-corrected chi connectivity index (χ4v) is 2.97. The Morgan fingerprint density at radius 3 is 2.42 bits per heavy atom.